The highest BCUT2D eigenvalue weighted by atomic mass is 32.2. The zero-order valence-electron chi connectivity index (χ0n) is 9.62. The van der Waals surface area contributed by atoms with Gasteiger partial charge in [-0.15, -0.1) is 0 Å². The highest BCUT2D eigenvalue weighted by Gasteiger charge is 2.09. The van der Waals surface area contributed by atoms with Gasteiger partial charge in [-0.1, -0.05) is 0 Å². The van der Waals surface area contributed by atoms with Crippen molar-refractivity contribution >= 4 is 23.4 Å². The Morgan fingerprint density at radius 2 is 2.38 bits per heavy atom. The predicted octanol–water partition coefficient (Wildman–Crippen LogP) is 1.46. The maximum absolute atomic E-state index is 11.7. The van der Waals surface area contributed by atoms with E-state index in [0.29, 0.717) is 17.8 Å². The average molecular weight is 239 g/mol. The Balaban J connectivity index is 2.53. The molecule has 16 heavy (non-hydrogen) atoms. The first-order valence-corrected chi connectivity index (χ1v) is 6.53. The van der Waals surface area contributed by atoms with Crippen molar-refractivity contribution in [2.24, 2.45) is 0 Å². The molecular weight excluding hydrogens is 222 g/mol. The molecule has 0 fully saturated rings. The molecule has 0 bridgehead atoms. The minimum absolute atomic E-state index is 0.147. The number of aromatic nitrogens is 1. The van der Waals surface area contributed by atoms with Crippen LogP contribution in [0.25, 0.3) is 0 Å². The fourth-order valence-corrected chi connectivity index (χ4v) is 1.72. The molecule has 1 amide bonds. The lowest BCUT2D eigenvalue weighted by Gasteiger charge is -2.07. The van der Waals surface area contributed by atoms with Gasteiger partial charge in [-0.3, -0.25) is 9.78 Å². The Kier molecular flexibility index (Phi) is 5.11. The Morgan fingerprint density at radius 1 is 1.62 bits per heavy atom. The summed E-state index contributed by atoms with van der Waals surface area (Å²) < 4.78 is 0. The van der Waals surface area contributed by atoms with Crippen molar-refractivity contribution in [1.82, 2.24) is 10.3 Å². The number of nitrogens with two attached hydrogens (primary N) is 1. The van der Waals surface area contributed by atoms with E-state index < -0.39 is 0 Å². The number of amides is 1. The van der Waals surface area contributed by atoms with Crippen molar-refractivity contribution in [3.8, 4) is 0 Å². The maximum atomic E-state index is 11.7. The summed E-state index contributed by atoms with van der Waals surface area (Å²) in [6.45, 7) is 2.52. The van der Waals surface area contributed by atoms with Crippen LogP contribution in [0.15, 0.2) is 12.3 Å². The van der Waals surface area contributed by atoms with Crippen molar-refractivity contribution in [3.05, 3.63) is 23.5 Å². The number of hydrogen-bond donors (Lipinski definition) is 2. The third kappa shape index (κ3) is 3.73. The molecule has 0 aliphatic heterocycles. The van der Waals surface area contributed by atoms with E-state index >= 15 is 0 Å². The van der Waals surface area contributed by atoms with E-state index in [1.54, 1.807) is 17.8 Å². The van der Waals surface area contributed by atoms with Gasteiger partial charge in [-0.25, -0.2) is 0 Å². The largest absolute Gasteiger partial charge is 0.398 e. The standard InChI is InChI=1S/C11H17N3OS/c1-8-6-10(12)9(7-14-8)11(15)13-4-3-5-16-2/h6-7H,3-5H2,1-2H3,(H2,12,14)(H,13,15). The van der Waals surface area contributed by atoms with E-state index in [1.807, 2.05) is 13.2 Å². The number of carbonyl (C=O) groups is 1. The summed E-state index contributed by atoms with van der Waals surface area (Å²) in [4.78, 5) is 15.8. The lowest BCUT2D eigenvalue weighted by atomic mass is 10.2. The SMILES string of the molecule is CSCCCNC(=O)c1cnc(C)cc1N. The lowest BCUT2D eigenvalue weighted by Crippen LogP contribution is -2.25. The number of aryl methyl sites for hydroxylation is 1. The Labute approximate surface area is 100 Å². The van der Waals surface area contributed by atoms with Gasteiger partial charge in [0.2, 0.25) is 0 Å². The first kappa shape index (κ1) is 12.8. The monoisotopic (exact) mass is 239 g/mol. The Bertz CT molecular complexity index is 368. The summed E-state index contributed by atoms with van der Waals surface area (Å²) in [7, 11) is 0. The highest BCUT2D eigenvalue weighted by molar-refractivity contribution is 7.98. The van der Waals surface area contributed by atoms with E-state index in [1.165, 1.54) is 6.20 Å². The molecule has 1 aromatic rings. The number of nitrogens with one attached hydrogen (secondary N) is 1. The molecule has 1 aromatic heterocycles. The number of thioether (sulfide) groups is 1. The Morgan fingerprint density at radius 3 is 3.00 bits per heavy atom. The molecule has 88 valence electrons. The molecule has 0 saturated carbocycles. The molecule has 0 spiro atoms. The molecule has 0 aliphatic rings. The van der Waals surface area contributed by atoms with Crippen LogP contribution < -0.4 is 11.1 Å². The topological polar surface area (TPSA) is 68.0 Å². The quantitative estimate of drug-likeness (QED) is 0.763. The van der Waals surface area contributed by atoms with E-state index in [-0.39, 0.29) is 5.91 Å². The minimum atomic E-state index is -0.147. The van der Waals surface area contributed by atoms with Gasteiger partial charge in [0.15, 0.2) is 0 Å². The van der Waals surface area contributed by atoms with Crippen molar-refractivity contribution in [3.63, 3.8) is 0 Å². The van der Waals surface area contributed by atoms with Crippen molar-refractivity contribution < 1.29 is 4.79 Å². The molecule has 0 radical (unpaired) electrons. The van der Waals surface area contributed by atoms with Crippen LogP contribution >= 0.6 is 11.8 Å². The van der Waals surface area contributed by atoms with Gasteiger partial charge < -0.3 is 11.1 Å². The van der Waals surface area contributed by atoms with E-state index in [2.05, 4.69) is 10.3 Å². The van der Waals surface area contributed by atoms with E-state index in [9.17, 15) is 4.79 Å². The summed E-state index contributed by atoms with van der Waals surface area (Å²) in [6, 6.07) is 1.71. The van der Waals surface area contributed by atoms with Crippen molar-refractivity contribution in [2.45, 2.75) is 13.3 Å². The predicted molar refractivity (Wildman–Crippen MR) is 68.7 cm³/mol. The van der Waals surface area contributed by atoms with Crippen LogP contribution in [0.4, 0.5) is 5.69 Å². The molecule has 0 aliphatic carbocycles. The fraction of sp³-hybridized carbons (Fsp3) is 0.455. The second kappa shape index (κ2) is 6.37. The number of anilines is 1. The van der Waals surface area contributed by atoms with Crippen LogP contribution in [0.3, 0.4) is 0 Å². The van der Waals surface area contributed by atoms with Gasteiger partial charge in [-0.2, -0.15) is 11.8 Å². The number of rotatable bonds is 5. The summed E-state index contributed by atoms with van der Waals surface area (Å²) in [5, 5.41) is 2.82. The van der Waals surface area contributed by atoms with Gasteiger partial charge in [-0.05, 0) is 31.4 Å². The van der Waals surface area contributed by atoms with Gasteiger partial charge in [0.05, 0.1) is 5.56 Å². The van der Waals surface area contributed by atoms with Crippen molar-refractivity contribution in [2.75, 3.05) is 24.3 Å². The maximum Gasteiger partial charge on any atom is 0.254 e. The third-order valence-corrected chi connectivity index (χ3v) is 2.83. The fourth-order valence-electron chi connectivity index (χ4n) is 1.28. The number of hydrogen-bond acceptors (Lipinski definition) is 4. The van der Waals surface area contributed by atoms with Crippen LogP contribution in [0, 0.1) is 6.92 Å². The zero-order valence-corrected chi connectivity index (χ0v) is 10.4. The summed E-state index contributed by atoms with van der Waals surface area (Å²) in [5.74, 6) is 0.896. The zero-order chi connectivity index (χ0) is 12.0. The number of carbonyl (C=O) groups excluding carboxylic acids is 1. The third-order valence-electron chi connectivity index (χ3n) is 2.13. The Hall–Kier alpha value is -1.23. The van der Waals surface area contributed by atoms with Gasteiger partial charge >= 0.3 is 0 Å². The first-order chi connectivity index (χ1) is 7.65. The number of nitrogens with zero attached hydrogens (tertiary/aromatic N) is 1. The molecule has 5 heteroatoms. The molecule has 3 N–H and O–H groups in total. The molecule has 0 saturated heterocycles. The highest BCUT2D eigenvalue weighted by Crippen LogP contribution is 2.10. The molecule has 4 nitrogen and oxygen atoms in total. The summed E-state index contributed by atoms with van der Waals surface area (Å²) in [5.41, 5.74) is 7.50. The lowest BCUT2D eigenvalue weighted by molar-refractivity contribution is 0.0954. The van der Waals surface area contributed by atoms with Crippen LogP contribution in [0.2, 0.25) is 0 Å². The van der Waals surface area contributed by atoms with Gasteiger partial charge in [0, 0.05) is 24.1 Å². The molecular formula is C11H17N3OS. The van der Waals surface area contributed by atoms with Crippen molar-refractivity contribution in [1.29, 1.82) is 0 Å². The molecule has 0 aromatic carbocycles. The normalized spacial score (nSPS) is 10.1. The van der Waals surface area contributed by atoms with E-state index in [4.69, 9.17) is 5.73 Å². The van der Waals surface area contributed by atoms with Gasteiger partial charge in [0.1, 0.15) is 0 Å². The molecule has 1 rings (SSSR count). The van der Waals surface area contributed by atoms with Crippen LogP contribution in [-0.4, -0.2) is 29.4 Å². The second-order valence-electron chi connectivity index (χ2n) is 3.52. The van der Waals surface area contributed by atoms with Gasteiger partial charge in [0.25, 0.3) is 5.91 Å². The van der Waals surface area contributed by atoms with Crippen LogP contribution in [-0.2, 0) is 0 Å². The number of nitrogen functional groups attached to an aromatic ring is 1. The van der Waals surface area contributed by atoms with E-state index in [0.717, 1.165) is 17.9 Å². The molecule has 1 heterocycles. The second-order valence-corrected chi connectivity index (χ2v) is 4.50. The average Bonchev–Trinajstić information content (AvgIpc) is 2.24. The van der Waals surface area contributed by atoms with Crippen LogP contribution in [0.5, 0.6) is 0 Å². The minimum Gasteiger partial charge on any atom is -0.398 e. The molecule has 0 atom stereocenters. The number of pyridine rings is 1. The summed E-state index contributed by atoms with van der Waals surface area (Å²) >= 11 is 1.77. The smallest absolute Gasteiger partial charge is 0.254 e. The first-order valence-electron chi connectivity index (χ1n) is 5.14. The summed E-state index contributed by atoms with van der Waals surface area (Å²) in [6.07, 6.45) is 4.53. The van der Waals surface area contributed by atoms with Crippen LogP contribution in [0.1, 0.15) is 22.5 Å². The molecule has 0 unspecified atom stereocenters.